The molecule has 1 aliphatic rings. The first-order valence-corrected chi connectivity index (χ1v) is 11.7. The van der Waals surface area contributed by atoms with Crippen LogP contribution in [0.25, 0.3) is 0 Å². The number of rotatable bonds is 15. The molecule has 2 heterocycles. The van der Waals surface area contributed by atoms with Crippen LogP contribution in [0.4, 0.5) is 22.2 Å². The third kappa shape index (κ3) is 7.90. The Balaban J connectivity index is 1.36. The highest BCUT2D eigenvalue weighted by molar-refractivity contribution is 5.46. The first kappa shape index (κ1) is 25.4. The monoisotopic (exact) mass is 499 g/mol. The van der Waals surface area contributed by atoms with E-state index in [-0.39, 0.29) is 12.6 Å². The van der Waals surface area contributed by atoms with Crippen molar-refractivity contribution in [3.63, 3.8) is 0 Å². The quantitative estimate of drug-likeness (QED) is 0.229. The van der Waals surface area contributed by atoms with Gasteiger partial charge in [0.1, 0.15) is 5.82 Å². The van der Waals surface area contributed by atoms with Gasteiger partial charge in [-0.25, -0.2) is 4.39 Å². The number of anilines is 3. The van der Waals surface area contributed by atoms with Crippen LogP contribution in [-0.4, -0.2) is 61.3 Å². The summed E-state index contributed by atoms with van der Waals surface area (Å²) in [4.78, 5) is 13.3. The van der Waals surface area contributed by atoms with E-state index >= 15 is 0 Å². The van der Waals surface area contributed by atoms with Crippen LogP contribution in [0, 0.1) is 5.82 Å². The van der Waals surface area contributed by atoms with Gasteiger partial charge >= 0.3 is 0 Å². The summed E-state index contributed by atoms with van der Waals surface area (Å²) in [6.07, 6.45) is 0. The Hall–Kier alpha value is -3.74. The van der Waals surface area contributed by atoms with Crippen molar-refractivity contribution < 1.29 is 23.3 Å². The molecule has 2 aromatic carbocycles. The Kier molecular flexibility index (Phi) is 9.42. The van der Waals surface area contributed by atoms with Gasteiger partial charge in [0.25, 0.3) is 0 Å². The Labute approximate surface area is 208 Å². The number of benzene rings is 2. The lowest BCUT2D eigenvalue weighted by Gasteiger charge is -2.12. The Morgan fingerprint density at radius 3 is 2.17 bits per heavy atom. The van der Waals surface area contributed by atoms with E-state index in [2.05, 4.69) is 30.9 Å². The van der Waals surface area contributed by atoms with Gasteiger partial charge in [-0.15, -0.1) is 0 Å². The summed E-state index contributed by atoms with van der Waals surface area (Å²) in [6, 6.07) is 12.1. The molecule has 192 valence electrons. The molecule has 0 saturated heterocycles. The van der Waals surface area contributed by atoms with Crippen LogP contribution in [-0.2, 0) is 22.6 Å². The highest BCUT2D eigenvalue weighted by atomic mass is 19.1. The van der Waals surface area contributed by atoms with E-state index in [4.69, 9.17) is 24.7 Å². The number of fused-ring (bicyclic) bond motifs is 1. The number of aromatic nitrogens is 3. The van der Waals surface area contributed by atoms with Gasteiger partial charge in [0.2, 0.25) is 24.6 Å². The molecule has 0 aliphatic carbocycles. The highest BCUT2D eigenvalue weighted by Crippen LogP contribution is 2.32. The van der Waals surface area contributed by atoms with Crippen molar-refractivity contribution in [2.45, 2.75) is 13.1 Å². The van der Waals surface area contributed by atoms with Crippen molar-refractivity contribution >= 4 is 17.8 Å². The number of nitrogens with zero attached hydrogens (tertiary/aromatic N) is 3. The minimum absolute atomic E-state index is 0.222. The van der Waals surface area contributed by atoms with Crippen molar-refractivity contribution in [2.24, 2.45) is 5.73 Å². The van der Waals surface area contributed by atoms with Crippen LogP contribution in [0.15, 0.2) is 42.5 Å². The predicted octanol–water partition coefficient (Wildman–Crippen LogP) is 2.37. The predicted molar refractivity (Wildman–Crippen MR) is 133 cm³/mol. The van der Waals surface area contributed by atoms with Crippen molar-refractivity contribution in [1.29, 1.82) is 0 Å². The summed E-state index contributed by atoms with van der Waals surface area (Å²) in [7, 11) is 0. The number of halogens is 1. The van der Waals surface area contributed by atoms with E-state index in [1.807, 2.05) is 24.3 Å². The van der Waals surface area contributed by atoms with Crippen LogP contribution in [0.2, 0.25) is 0 Å². The van der Waals surface area contributed by atoms with Crippen molar-refractivity contribution in [3.8, 4) is 11.5 Å². The van der Waals surface area contributed by atoms with E-state index in [1.165, 1.54) is 12.1 Å². The first-order valence-electron chi connectivity index (χ1n) is 11.7. The number of hydrogen-bond donors (Lipinski definition) is 4. The van der Waals surface area contributed by atoms with E-state index in [0.717, 1.165) is 16.9 Å². The minimum atomic E-state index is -0.299. The fraction of sp³-hybridized carbons (Fsp3) is 0.375. The van der Waals surface area contributed by atoms with Gasteiger partial charge in [-0.3, -0.25) is 0 Å². The molecule has 11 nitrogen and oxygen atoms in total. The number of nitrogens with two attached hydrogens (primary N) is 1. The molecule has 1 aromatic heterocycles. The van der Waals surface area contributed by atoms with Gasteiger partial charge in [0, 0.05) is 26.2 Å². The standard InChI is InChI=1S/C24H30FN7O4/c25-19-3-1-2-17(12-19)14-28-23-30-22(27-7-9-34-11-10-33-8-6-26)31-24(32-23)29-15-18-4-5-20-21(13-18)36-16-35-20/h1-5,12-13H,6-11,14-16,26H2,(H3,27,28,29,30,31,32). The highest BCUT2D eigenvalue weighted by Gasteiger charge is 2.13. The molecule has 0 atom stereocenters. The zero-order chi connectivity index (χ0) is 25.0. The lowest BCUT2D eigenvalue weighted by Crippen LogP contribution is -2.17. The summed E-state index contributed by atoms with van der Waals surface area (Å²) in [5.41, 5.74) is 7.13. The molecule has 0 spiro atoms. The lowest BCUT2D eigenvalue weighted by atomic mass is 10.2. The largest absolute Gasteiger partial charge is 0.454 e. The molecule has 1 aliphatic heterocycles. The van der Waals surface area contributed by atoms with Crippen molar-refractivity contribution in [1.82, 2.24) is 15.0 Å². The summed E-state index contributed by atoms with van der Waals surface area (Å²) in [6.45, 7) is 3.95. The number of nitrogens with one attached hydrogen (secondary N) is 3. The second kappa shape index (κ2) is 13.4. The third-order valence-corrected chi connectivity index (χ3v) is 5.03. The maximum Gasteiger partial charge on any atom is 0.231 e. The molecule has 0 saturated carbocycles. The Morgan fingerprint density at radius 1 is 0.778 bits per heavy atom. The molecule has 0 bridgehead atoms. The molecule has 0 fully saturated rings. The fourth-order valence-corrected chi connectivity index (χ4v) is 3.31. The molecule has 0 amide bonds. The topological polar surface area (TPSA) is 138 Å². The molecular formula is C24H30FN7O4. The van der Waals surface area contributed by atoms with Gasteiger partial charge < -0.3 is 40.6 Å². The maximum absolute atomic E-state index is 13.5. The average Bonchev–Trinajstić information content (AvgIpc) is 3.36. The molecule has 3 aromatic rings. The van der Waals surface area contributed by atoms with E-state index in [1.54, 1.807) is 6.07 Å². The zero-order valence-electron chi connectivity index (χ0n) is 19.8. The SMILES string of the molecule is NCCOCCOCCNc1nc(NCc2cccc(F)c2)nc(NCc2ccc3c(c2)OCO3)n1. The molecule has 12 heteroatoms. The number of ether oxygens (including phenoxy) is 4. The van der Waals surface area contributed by atoms with Gasteiger partial charge in [-0.05, 0) is 35.4 Å². The van der Waals surface area contributed by atoms with Crippen LogP contribution in [0.5, 0.6) is 11.5 Å². The van der Waals surface area contributed by atoms with Gasteiger partial charge in [-0.2, -0.15) is 15.0 Å². The second-order valence-electron chi connectivity index (χ2n) is 7.77. The minimum Gasteiger partial charge on any atom is -0.454 e. The molecule has 0 radical (unpaired) electrons. The summed E-state index contributed by atoms with van der Waals surface area (Å²) in [5.74, 6) is 2.24. The summed E-state index contributed by atoms with van der Waals surface area (Å²) < 4.78 is 35.1. The van der Waals surface area contributed by atoms with Crippen LogP contribution in [0.3, 0.4) is 0 Å². The van der Waals surface area contributed by atoms with Crippen molar-refractivity contribution in [3.05, 3.63) is 59.4 Å². The molecule has 0 unspecified atom stereocenters. The molecular weight excluding hydrogens is 469 g/mol. The van der Waals surface area contributed by atoms with E-state index in [0.29, 0.717) is 76.2 Å². The molecule has 36 heavy (non-hydrogen) atoms. The first-order chi connectivity index (χ1) is 17.7. The normalized spacial score (nSPS) is 11.9. The van der Waals surface area contributed by atoms with Crippen molar-refractivity contribution in [2.75, 3.05) is 62.3 Å². The molecule has 4 rings (SSSR count). The van der Waals surface area contributed by atoms with E-state index in [9.17, 15) is 4.39 Å². The summed E-state index contributed by atoms with van der Waals surface area (Å²) >= 11 is 0. The fourth-order valence-electron chi connectivity index (χ4n) is 3.31. The smallest absolute Gasteiger partial charge is 0.231 e. The van der Waals surface area contributed by atoms with Crippen LogP contribution >= 0.6 is 0 Å². The maximum atomic E-state index is 13.5. The van der Waals surface area contributed by atoms with Gasteiger partial charge in [0.05, 0.1) is 26.4 Å². The molecule has 5 N–H and O–H groups in total. The van der Waals surface area contributed by atoms with E-state index < -0.39 is 0 Å². The number of hydrogen-bond acceptors (Lipinski definition) is 11. The Bertz CT molecular complexity index is 1120. The van der Waals surface area contributed by atoms with Crippen LogP contribution < -0.4 is 31.2 Å². The third-order valence-electron chi connectivity index (χ3n) is 5.03. The average molecular weight is 500 g/mol. The van der Waals surface area contributed by atoms with Gasteiger partial charge in [0.15, 0.2) is 11.5 Å². The van der Waals surface area contributed by atoms with Gasteiger partial charge in [-0.1, -0.05) is 18.2 Å². The lowest BCUT2D eigenvalue weighted by molar-refractivity contribution is 0.0547. The van der Waals surface area contributed by atoms with Crippen LogP contribution in [0.1, 0.15) is 11.1 Å². The summed E-state index contributed by atoms with van der Waals surface area (Å²) in [5, 5.41) is 9.48. The second-order valence-corrected chi connectivity index (χ2v) is 7.77. The Morgan fingerprint density at radius 2 is 1.44 bits per heavy atom. The zero-order valence-corrected chi connectivity index (χ0v) is 19.8.